The van der Waals surface area contributed by atoms with Crippen molar-refractivity contribution in [3.8, 4) is 5.75 Å². The van der Waals surface area contributed by atoms with Crippen molar-refractivity contribution in [3.05, 3.63) is 60.2 Å². The van der Waals surface area contributed by atoms with Crippen LogP contribution in [0.15, 0.2) is 64.5 Å². The largest absolute Gasteiger partial charge is 0.497 e. The fourth-order valence-corrected chi connectivity index (χ4v) is 6.47. The van der Waals surface area contributed by atoms with Crippen LogP contribution in [-0.2, 0) is 26.2 Å². The predicted octanol–water partition coefficient (Wildman–Crippen LogP) is 4.69. The van der Waals surface area contributed by atoms with Gasteiger partial charge in [-0.3, -0.25) is 4.99 Å². The van der Waals surface area contributed by atoms with Crippen LogP contribution in [0.1, 0.15) is 82.6 Å². The minimum atomic E-state index is -3.93. The van der Waals surface area contributed by atoms with Crippen molar-refractivity contribution in [2.45, 2.75) is 107 Å². The molecule has 0 saturated heterocycles. The Morgan fingerprint density at radius 3 is 2.07 bits per heavy atom. The predicted molar refractivity (Wildman–Crippen MR) is 177 cm³/mol. The van der Waals surface area contributed by atoms with Crippen molar-refractivity contribution in [2.75, 3.05) is 13.7 Å². The maximum Gasteiger partial charge on any atom is 0.408 e. The third kappa shape index (κ3) is 13.7. The minimum Gasteiger partial charge on any atom is -0.497 e. The van der Waals surface area contributed by atoms with E-state index in [4.69, 9.17) is 15.2 Å². The van der Waals surface area contributed by atoms with E-state index in [1.54, 1.807) is 24.3 Å². The number of hydrogen-bond acceptors (Lipinski definition) is 8. The number of carbonyl (C=O) groups excluding carboxylic acids is 1. The Balaban J connectivity index is 0.000000365. The van der Waals surface area contributed by atoms with Crippen molar-refractivity contribution in [1.82, 2.24) is 15.4 Å². The Hall–Kier alpha value is -3.84. The average molecular weight is 660 g/mol. The Bertz CT molecular complexity index is 1310. The van der Waals surface area contributed by atoms with Gasteiger partial charge < -0.3 is 30.9 Å². The van der Waals surface area contributed by atoms with E-state index < -0.39 is 28.1 Å². The molecule has 0 spiro atoms. The zero-order valence-corrected chi connectivity index (χ0v) is 27.5. The second kappa shape index (κ2) is 19.6. The quantitative estimate of drug-likeness (QED) is 0.116. The smallest absolute Gasteiger partial charge is 0.408 e. The van der Waals surface area contributed by atoms with Gasteiger partial charge in [-0.2, -0.15) is 0 Å². The van der Waals surface area contributed by atoms with Crippen molar-refractivity contribution in [1.29, 1.82) is 0 Å². The second-order valence-corrected chi connectivity index (χ2v) is 13.3. The summed E-state index contributed by atoms with van der Waals surface area (Å²) in [5, 5.41) is 15.4. The first-order valence-electron chi connectivity index (χ1n) is 16.1. The summed E-state index contributed by atoms with van der Waals surface area (Å²) in [6, 6.07) is 15.2. The average Bonchev–Trinajstić information content (AvgIpc) is 3.06. The van der Waals surface area contributed by atoms with Gasteiger partial charge in [-0.05, 0) is 68.4 Å². The van der Waals surface area contributed by atoms with E-state index in [1.807, 2.05) is 6.07 Å². The minimum absolute atomic E-state index is 0.00811. The highest BCUT2D eigenvalue weighted by molar-refractivity contribution is 7.90. The highest BCUT2D eigenvalue weighted by atomic mass is 32.2. The summed E-state index contributed by atoms with van der Waals surface area (Å²) < 4.78 is 36.8. The summed E-state index contributed by atoms with van der Waals surface area (Å²) in [4.78, 5) is 27.1. The zero-order chi connectivity index (χ0) is 33.2. The third-order valence-corrected chi connectivity index (χ3v) is 9.40. The van der Waals surface area contributed by atoms with E-state index in [9.17, 15) is 23.1 Å². The third-order valence-electron chi connectivity index (χ3n) is 8.03. The summed E-state index contributed by atoms with van der Waals surface area (Å²) in [6.45, 7) is 0.0513. The highest BCUT2D eigenvalue weighted by Crippen LogP contribution is 2.22. The molecule has 46 heavy (non-hydrogen) atoms. The van der Waals surface area contributed by atoms with E-state index in [2.05, 4.69) is 20.3 Å². The molecule has 1 atom stereocenters. The number of carboxylic acids is 1. The van der Waals surface area contributed by atoms with E-state index in [0.717, 1.165) is 17.6 Å². The van der Waals surface area contributed by atoms with Crippen LogP contribution >= 0.6 is 0 Å². The van der Waals surface area contributed by atoms with Gasteiger partial charge in [0.1, 0.15) is 18.4 Å². The lowest BCUT2D eigenvalue weighted by Crippen LogP contribution is -2.41. The molecule has 0 bridgehead atoms. The SMILES string of the molecule is C1CCC(NC2CCCCC2)CC1.COc1ccc(S(=O)(=O)NC(N)=NCCC[C@@H](NC(=O)OCc2ccccc2)C(=O)O)cc1. The number of benzene rings is 2. The van der Waals surface area contributed by atoms with E-state index in [1.165, 1.54) is 95.6 Å². The van der Waals surface area contributed by atoms with Gasteiger partial charge >= 0.3 is 12.1 Å². The van der Waals surface area contributed by atoms with Crippen LogP contribution in [0.3, 0.4) is 0 Å². The normalized spacial score (nSPS) is 16.8. The number of hydrogen-bond donors (Lipinski definition) is 5. The molecule has 0 aliphatic heterocycles. The molecular formula is C33H49N5O7S. The Labute approximate surface area is 272 Å². The van der Waals surface area contributed by atoms with E-state index in [-0.39, 0.29) is 36.8 Å². The monoisotopic (exact) mass is 659 g/mol. The second-order valence-electron chi connectivity index (χ2n) is 11.6. The van der Waals surface area contributed by atoms with Crippen LogP contribution in [0.25, 0.3) is 0 Å². The molecule has 2 aliphatic rings. The standard InChI is InChI=1S/C21H26N4O7S.C12H23N/c1-31-16-9-11-17(12-10-16)33(29,30)25-20(22)23-13-5-8-18(19(26)27)24-21(28)32-14-15-6-3-2-4-7-15;1-3-7-11(8-4-1)13-12-9-5-2-6-10-12/h2-4,6-7,9-12,18H,5,8,13-14H2,1H3,(H,24,28)(H,26,27)(H3,22,23,25);11-13H,1-10H2/t18-;/m1./s1. The summed E-state index contributed by atoms with van der Waals surface area (Å²) in [5.41, 5.74) is 6.40. The number of ether oxygens (including phenoxy) is 2. The lowest BCUT2D eigenvalue weighted by molar-refractivity contribution is -0.139. The van der Waals surface area contributed by atoms with Gasteiger partial charge in [-0.1, -0.05) is 68.9 Å². The first-order valence-corrected chi connectivity index (χ1v) is 17.6. The number of nitrogens with two attached hydrogens (primary N) is 1. The molecule has 4 rings (SSSR count). The summed E-state index contributed by atoms with van der Waals surface area (Å²) in [5.74, 6) is -1.07. The van der Waals surface area contributed by atoms with Crippen LogP contribution < -0.4 is 25.8 Å². The van der Waals surface area contributed by atoms with E-state index in [0.29, 0.717) is 5.75 Å². The van der Waals surface area contributed by atoms with Gasteiger partial charge in [0.05, 0.1) is 12.0 Å². The first-order chi connectivity index (χ1) is 22.2. The van der Waals surface area contributed by atoms with Crippen LogP contribution in [0.2, 0.25) is 0 Å². The van der Waals surface area contributed by atoms with Gasteiger partial charge in [0.2, 0.25) is 5.96 Å². The molecule has 12 nitrogen and oxygen atoms in total. The van der Waals surface area contributed by atoms with Crippen molar-refractivity contribution < 1.29 is 32.6 Å². The molecule has 2 fully saturated rings. The maximum atomic E-state index is 12.3. The van der Waals surface area contributed by atoms with Crippen LogP contribution in [-0.4, -0.2) is 63.3 Å². The molecular weight excluding hydrogens is 610 g/mol. The lowest BCUT2D eigenvalue weighted by Gasteiger charge is -2.30. The Kier molecular flexibility index (Phi) is 15.6. The number of aliphatic imine (C=N–C) groups is 1. The van der Waals surface area contributed by atoms with Crippen LogP contribution in [0.4, 0.5) is 4.79 Å². The molecule has 0 heterocycles. The fraction of sp³-hybridized carbons (Fsp3) is 0.545. The fourth-order valence-electron chi connectivity index (χ4n) is 5.51. The summed E-state index contributed by atoms with van der Waals surface area (Å²) >= 11 is 0. The number of nitrogens with zero attached hydrogens (tertiary/aromatic N) is 1. The summed E-state index contributed by atoms with van der Waals surface area (Å²) in [7, 11) is -2.46. The number of nitrogens with one attached hydrogen (secondary N) is 3. The number of alkyl carbamates (subject to hydrolysis) is 1. The van der Waals surface area contributed by atoms with Gasteiger partial charge in [-0.15, -0.1) is 0 Å². The zero-order valence-electron chi connectivity index (χ0n) is 26.7. The molecule has 0 unspecified atom stereocenters. The number of aliphatic carboxylic acids is 1. The number of carboxylic acid groups (broad SMARTS) is 1. The van der Waals surface area contributed by atoms with Crippen molar-refractivity contribution >= 4 is 28.0 Å². The van der Waals surface area contributed by atoms with E-state index >= 15 is 0 Å². The highest BCUT2D eigenvalue weighted by Gasteiger charge is 2.21. The molecule has 2 saturated carbocycles. The summed E-state index contributed by atoms with van der Waals surface area (Å²) in [6.07, 6.45) is 14.0. The molecule has 254 valence electrons. The number of amides is 1. The van der Waals surface area contributed by atoms with Gasteiger partial charge in [0.15, 0.2) is 0 Å². The molecule has 2 aromatic carbocycles. The molecule has 6 N–H and O–H groups in total. The molecule has 2 aliphatic carbocycles. The molecule has 13 heteroatoms. The lowest BCUT2D eigenvalue weighted by atomic mass is 9.91. The molecule has 2 aromatic rings. The van der Waals surface area contributed by atoms with Gasteiger partial charge in [0, 0.05) is 18.6 Å². The number of methoxy groups -OCH3 is 1. The molecule has 1 amide bonds. The number of guanidine groups is 1. The Morgan fingerprint density at radius 1 is 0.935 bits per heavy atom. The van der Waals surface area contributed by atoms with Crippen LogP contribution in [0, 0.1) is 0 Å². The number of carbonyl (C=O) groups is 2. The topological polar surface area (TPSA) is 181 Å². The number of sulfonamides is 1. The Morgan fingerprint density at radius 2 is 1.52 bits per heavy atom. The van der Waals surface area contributed by atoms with Crippen molar-refractivity contribution in [2.24, 2.45) is 10.7 Å². The van der Waals surface area contributed by atoms with Gasteiger partial charge in [-0.25, -0.2) is 22.7 Å². The maximum absolute atomic E-state index is 12.3. The molecule has 0 radical (unpaired) electrons. The number of rotatable bonds is 13. The van der Waals surface area contributed by atoms with Crippen LogP contribution in [0.5, 0.6) is 5.75 Å². The van der Waals surface area contributed by atoms with Crippen molar-refractivity contribution in [3.63, 3.8) is 0 Å². The van der Waals surface area contributed by atoms with Gasteiger partial charge in [0.25, 0.3) is 10.0 Å². The molecule has 0 aromatic heterocycles. The first kappa shape index (κ1) is 36.6.